The molecule has 0 heterocycles. The molecule has 37 heavy (non-hydrogen) atoms. The first-order valence-corrected chi connectivity index (χ1v) is 14.6. The van der Waals surface area contributed by atoms with E-state index in [1.807, 2.05) is 78.9 Å². The molecule has 1 atom stereocenters. The Labute approximate surface area is 233 Å². The van der Waals surface area contributed by atoms with Gasteiger partial charge in [0.25, 0.3) is 0 Å². The zero-order chi connectivity index (χ0) is 26.0. The van der Waals surface area contributed by atoms with Crippen LogP contribution in [-0.4, -0.2) is 34.6 Å². The highest BCUT2D eigenvalue weighted by Crippen LogP contribution is 2.22. The Hall–Kier alpha value is -2.47. The molecule has 7 heteroatoms. The van der Waals surface area contributed by atoms with Crippen molar-refractivity contribution < 1.29 is 9.59 Å². The maximum absolute atomic E-state index is 13.7. The largest absolute Gasteiger partial charge is 0.352 e. The second-order valence-corrected chi connectivity index (χ2v) is 11.3. The lowest BCUT2D eigenvalue weighted by molar-refractivity contribution is -0.139. The predicted molar refractivity (Wildman–Crippen MR) is 154 cm³/mol. The lowest BCUT2D eigenvalue weighted by Gasteiger charge is -2.32. The lowest BCUT2D eigenvalue weighted by atomic mass is 10.0. The first kappa shape index (κ1) is 27.6. The molecule has 2 amide bonds. The number of carbonyl (C=O) groups is 2. The maximum Gasteiger partial charge on any atom is 0.243 e. The van der Waals surface area contributed by atoms with Gasteiger partial charge in [-0.3, -0.25) is 9.59 Å². The van der Waals surface area contributed by atoms with Crippen molar-refractivity contribution in [1.29, 1.82) is 0 Å². The van der Waals surface area contributed by atoms with Gasteiger partial charge in [0, 0.05) is 34.8 Å². The van der Waals surface area contributed by atoms with Gasteiger partial charge in [-0.1, -0.05) is 90.6 Å². The molecule has 1 aliphatic rings. The summed E-state index contributed by atoms with van der Waals surface area (Å²) in [4.78, 5) is 29.1. The molecule has 0 radical (unpaired) electrons. The molecule has 0 spiro atoms. The van der Waals surface area contributed by atoms with Crippen molar-refractivity contribution in [2.45, 2.75) is 56.5 Å². The van der Waals surface area contributed by atoms with Gasteiger partial charge in [0.2, 0.25) is 11.8 Å². The van der Waals surface area contributed by atoms with Crippen molar-refractivity contribution in [2.24, 2.45) is 0 Å². The van der Waals surface area contributed by atoms with Gasteiger partial charge in [0.05, 0.1) is 5.75 Å². The number of hydrogen-bond acceptors (Lipinski definition) is 3. The van der Waals surface area contributed by atoms with Gasteiger partial charge in [-0.25, -0.2) is 0 Å². The van der Waals surface area contributed by atoms with E-state index in [9.17, 15) is 9.59 Å². The second kappa shape index (κ2) is 13.9. The van der Waals surface area contributed by atoms with E-state index in [1.54, 1.807) is 4.90 Å². The summed E-state index contributed by atoms with van der Waals surface area (Å²) in [6.45, 7) is 0.316. The monoisotopic (exact) mass is 554 g/mol. The van der Waals surface area contributed by atoms with E-state index in [4.69, 9.17) is 23.2 Å². The minimum absolute atomic E-state index is 0.0681. The number of nitrogens with zero attached hydrogens (tertiary/aromatic N) is 1. The van der Waals surface area contributed by atoms with Crippen LogP contribution in [0.15, 0.2) is 78.9 Å². The van der Waals surface area contributed by atoms with E-state index >= 15 is 0 Å². The van der Waals surface area contributed by atoms with E-state index in [2.05, 4.69) is 5.32 Å². The van der Waals surface area contributed by atoms with Crippen LogP contribution in [-0.2, 0) is 28.3 Å². The normalized spacial score (nSPS) is 14.3. The molecular formula is C30H32Cl2N2O2S. The number of benzene rings is 3. The number of hydrogen-bond donors (Lipinski definition) is 1. The Kier molecular flexibility index (Phi) is 10.4. The zero-order valence-electron chi connectivity index (χ0n) is 20.7. The summed E-state index contributed by atoms with van der Waals surface area (Å²) in [7, 11) is 0. The highest BCUT2D eigenvalue weighted by atomic mass is 35.5. The SMILES string of the molecule is O=C(NC1CCCC1)[C@H](Cc1ccccc1)N(Cc1cccc(Cl)c1)C(=O)CSCc1ccc(Cl)cc1. The van der Waals surface area contributed by atoms with E-state index in [-0.39, 0.29) is 23.6 Å². The fourth-order valence-electron chi connectivity index (χ4n) is 4.67. The first-order valence-electron chi connectivity index (χ1n) is 12.7. The smallest absolute Gasteiger partial charge is 0.243 e. The molecule has 0 aromatic heterocycles. The highest BCUT2D eigenvalue weighted by Gasteiger charge is 2.32. The predicted octanol–water partition coefficient (Wildman–Crippen LogP) is 6.93. The molecule has 4 rings (SSSR count). The number of rotatable bonds is 11. The number of carbonyl (C=O) groups excluding carboxylic acids is 2. The van der Waals surface area contributed by atoms with Crippen LogP contribution in [0.25, 0.3) is 0 Å². The Morgan fingerprint density at radius 2 is 1.57 bits per heavy atom. The van der Waals surface area contributed by atoms with Crippen LogP contribution in [0.3, 0.4) is 0 Å². The minimum atomic E-state index is -0.620. The molecule has 0 bridgehead atoms. The van der Waals surface area contributed by atoms with Crippen LogP contribution < -0.4 is 5.32 Å². The second-order valence-electron chi connectivity index (χ2n) is 9.47. The lowest BCUT2D eigenvalue weighted by Crippen LogP contribution is -2.52. The average molecular weight is 556 g/mol. The summed E-state index contributed by atoms with van der Waals surface area (Å²) < 4.78 is 0. The first-order chi connectivity index (χ1) is 18.0. The van der Waals surface area contributed by atoms with Crippen molar-refractivity contribution in [3.8, 4) is 0 Å². The fourth-order valence-corrected chi connectivity index (χ4v) is 5.88. The molecule has 4 nitrogen and oxygen atoms in total. The number of halogens is 2. The summed E-state index contributed by atoms with van der Waals surface area (Å²) in [6, 6.07) is 24.6. The summed E-state index contributed by atoms with van der Waals surface area (Å²) in [5.41, 5.74) is 3.02. The number of nitrogens with one attached hydrogen (secondary N) is 1. The van der Waals surface area contributed by atoms with Gasteiger partial charge >= 0.3 is 0 Å². The van der Waals surface area contributed by atoms with Crippen molar-refractivity contribution in [1.82, 2.24) is 10.2 Å². The van der Waals surface area contributed by atoms with E-state index in [0.717, 1.165) is 42.4 Å². The maximum atomic E-state index is 13.7. The van der Waals surface area contributed by atoms with Crippen molar-refractivity contribution in [3.63, 3.8) is 0 Å². The van der Waals surface area contributed by atoms with Crippen LogP contribution in [0.5, 0.6) is 0 Å². The quantitative estimate of drug-likeness (QED) is 0.279. The molecule has 1 aliphatic carbocycles. The highest BCUT2D eigenvalue weighted by molar-refractivity contribution is 7.99. The molecule has 1 saturated carbocycles. The third-order valence-corrected chi connectivity index (χ3v) is 8.10. The Morgan fingerprint density at radius 1 is 0.865 bits per heavy atom. The third-order valence-electron chi connectivity index (χ3n) is 6.62. The molecular weight excluding hydrogens is 523 g/mol. The van der Waals surface area contributed by atoms with Crippen molar-refractivity contribution >= 4 is 46.8 Å². The van der Waals surface area contributed by atoms with Crippen LogP contribution in [0.4, 0.5) is 0 Å². The topological polar surface area (TPSA) is 49.4 Å². The van der Waals surface area contributed by atoms with Crippen LogP contribution >= 0.6 is 35.0 Å². The molecule has 194 valence electrons. The summed E-state index contributed by atoms with van der Waals surface area (Å²) in [5, 5.41) is 4.54. The fraction of sp³-hybridized carbons (Fsp3) is 0.333. The Bertz CT molecular complexity index is 1170. The standard InChI is InChI=1S/C30H32Cl2N2O2S/c31-25-15-13-23(14-16-25)20-37-21-29(35)34(19-24-9-6-10-26(32)17-24)28(18-22-7-2-1-3-8-22)30(36)33-27-11-4-5-12-27/h1-3,6-10,13-17,27-28H,4-5,11-12,18-21H2,(H,33,36)/t28-/m0/s1. The van der Waals surface area contributed by atoms with Gasteiger partial charge in [0.1, 0.15) is 6.04 Å². The average Bonchev–Trinajstić information content (AvgIpc) is 3.41. The van der Waals surface area contributed by atoms with Crippen LogP contribution in [0.1, 0.15) is 42.4 Å². The Morgan fingerprint density at radius 3 is 2.27 bits per heavy atom. The molecule has 0 aliphatic heterocycles. The van der Waals surface area contributed by atoms with Crippen LogP contribution in [0.2, 0.25) is 10.0 Å². The molecule has 0 saturated heterocycles. The summed E-state index contributed by atoms with van der Waals surface area (Å²) in [5.74, 6) is 0.798. The van der Waals surface area contributed by atoms with Gasteiger partial charge in [0.15, 0.2) is 0 Å². The van der Waals surface area contributed by atoms with Crippen LogP contribution in [0, 0.1) is 0 Å². The van der Waals surface area contributed by atoms with Gasteiger partial charge in [-0.05, 0) is 53.8 Å². The van der Waals surface area contributed by atoms with Gasteiger partial charge in [-0.2, -0.15) is 0 Å². The number of amides is 2. The minimum Gasteiger partial charge on any atom is -0.352 e. The van der Waals surface area contributed by atoms with Crippen molar-refractivity contribution in [2.75, 3.05) is 5.75 Å². The van der Waals surface area contributed by atoms with Gasteiger partial charge < -0.3 is 10.2 Å². The number of thioether (sulfide) groups is 1. The molecule has 1 N–H and O–H groups in total. The molecule has 3 aromatic rings. The van der Waals surface area contributed by atoms with E-state index in [0.29, 0.717) is 28.8 Å². The van der Waals surface area contributed by atoms with Gasteiger partial charge in [-0.15, -0.1) is 11.8 Å². The molecule has 3 aromatic carbocycles. The third kappa shape index (κ3) is 8.53. The van der Waals surface area contributed by atoms with E-state index < -0.39 is 6.04 Å². The van der Waals surface area contributed by atoms with E-state index in [1.165, 1.54) is 11.8 Å². The molecule has 0 unspecified atom stereocenters. The zero-order valence-corrected chi connectivity index (χ0v) is 23.1. The molecule has 1 fully saturated rings. The van der Waals surface area contributed by atoms with Crippen molar-refractivity contribution in [3.05, 3.63) is 106 Å². The Balaban J connectivity index is 1.56. The summed E-state index contributed by atoms with van der Waals surface area (Å²) >= 11 is 13.8. The summed E-state index contributed by atoms with van der Waals surface area (Å²) in [6.07, 6.45) is 4.68.